The predicted molar refractivity (Wildman–Crippen MR) is 116 cm³/mol. The largest absolute Gasteiger partial charge is 0.326 e. The zero-order chi connectivity index (χ0) is 21.4. The van der Waals surface area contributed by atoms with E-state index >= 15 is 0 Å². The van der Waals surface area contributed by atoms with Crippen LogP contribution < -0.4 is 16.0 Å². The molecule has 0 saturated heterocycles. The molecular formula is C21H25ClN4O3. The van der Waals surface area contributed by atoms with Crippen LogP contribution in [-0.4, -0.2) is 41.8 Å². The number of nitrogens with one attached hydrogen (secondary N) is 3. The van der Waals surface area contributed by atoms with Gasteiger partial charge in [0.2, 0.25) is 17.7 Å². The quantitative estimate of drug-likeness (QED) is 0.613. The van der Waals surface area contributed by atoms with Crippen molar-refractivity contribution in [3.05, 3.63) is 53.6 Å². The highest BCUT2D eigenvalue weighted by atomic mass is 35.5. The number of hydrogen-bond acceptors (Lipinski definition) is 4. The molecule has 7 nitrogen and oxygen atoms in total. The number of anilines is 3. The topological polar surface area (TPSA) is 90.5 Å². The van der Waals surface area contributed by atoms with Gasteiger partial charge in [0, 0.05) is 29.0 Å². The summed E-state index contributed by atoms with van der Waals surface area (Å²) >= 11 is 5.94. The highest BCUT2D eigenvalue weighted by molar-refractivity contribution is 6.30. The number of carbonyl (C=O) groups is 3. The average molecular weight is 417 g/mol. The first kappa shape index (κ1) is 22.4. The first-order chi connectivity index (χ1) is 13.8. The highest BCUT2D eigenvalue weighted by Crippen LogP contribution is 2.16. The number of carbonyl (C=O) groups excluding carboxylic acids is 3. The average Bonchev–Trinajstić information content (AvgIpc) is 2.66. The molecule has 0 aliphatic carbocycles. The van der Waals surface area contributed by atoms with Gasteiger partial charge in [0.15, 0.2) is 0 Å². The second-order valence-corrected chi connectivity index (χ2v) is 6.98. The van der Waals surface area contributed by atoms with Crippen LogP contribution in [-0.2, 0) is 14.4 Å². The summed E-state index contributed by atoms with van der Waals surface area (Å²) in [6.07, 6.45) is 0. The minimum atomic E-state index is -0.508. The number of hydrogen-bond donors (Lipinski definition) is 3. The van der Waals surface area contributed by atoms with E-state index in [0.717, 1.165) is 0 Å². The second-order valence-electron chi connectivity index (χ2n) is 6.55. The molecule has 0 fully saturated rings. The maximum absolute atomic E-state index is 12.5. The fourth-order valence-corrected chi connectivity index (χ4v) is 2.92. The van der Waals surface area contributed by atoms with Gasteiger partial charge >= 0.3 is 0 Å². The van der Waals surface area contributed by atoms with E-state index in [1.807, 2.05) is 6.92 Å². The van der Waals surface area contributed by atoms with Crippen LogP contribution in [0, 0.1) is 0 Å². The van der Waals surface area contributed by atoms with Crippen molar-refractivity contribution in [2.75, 3.05) is 29.0 Å². The van der Waals surface area contributed by atoms with Gasteiger partial charge in [-0.05, 0) is 55.9 Å². The Bertz CT molecular complexity index is 870. The molecule has 0 unspecified atom stereocenters. The molecule has 0 spiro atoms. The summed E-state index contributed by atoms with van der Waals surface area (Å²) in [4.78, 5) is 37.8. The molecule has 0 radical (unpaired) electrons. The molecule has 8 heteroatoms. The summed E-state index contributed by atoms with van der Waals surface area (Å²) in [7, 11) is 0. The van der Waals surface area contributed by atoms with Gasteiger partial charge in [-0.25, -0.2) is 0 Å². The first-order valence-electron chi connectivity index (χ1n) is 9.26. The summed E-state index contributed by atoms with van der Waals surface area (Å²) in [5.74, 6) is -0.617. The molecular weight excluding hydrogens is 392 g/mol. The lowest BCUT2D eigenvalue weighted by Gasteiger charge is -2.26. The van der Waals surface area contributed by atoms with Gasteiger partial charge in [-0.3, -0.25) is 19.3 Å². The lowest BCUT2D eigenvalue weighted by Crippen LogP contribution is -2.45. The summed E-state index contributed by atoms with van der Waals surface area (Å²) in [6, 6.07) is 13.2. The van der Waals surface area contributed by atoms with Crippen LogP contribution in [0.3, 0.4) is 0 Å². The van der Waals surface area contributed by atoms with Crippen molar-refractivity contribution in [2.45, 2.75) is 26.8 Å². The Morgan fingerprint density at radius 2 is 1.59 bits per heavy atom. The fourth-order valence-electron chi connectivity index (χ4n) is 2.73. The third-order valence-corrected chi connectivity index (χ3v) is 4.50. The van der Waals surface area contributed by atoms with E-state index < -0.39 is 6.04 Å². The molecule has 1 atom stereocenters. The smallest absolute Gasteiger partial charge is 0.241 e. The van der Waals surface area contributed by atoms with Crippen LogP contribution in [0.25, 0.3) is 0 Å². The maximum Gasteiger partial charge on any atom is 0.241 e. The summed E-state index contributed by atoms with van der Waals surface area (Å²) < 4.78 is 0. The van der Waals surface area contributed by atoms with Gasteiger partial charge in [-0.1, -0.05) is 24.6 Å². The van der Waals surface area contributed by atoms with Crippen molar-refractivity contribution < 1.29 is 14.4 Å². The number of halogens is 1. The molecule has 0 bridgehead atoms. The summed E-state index contributed by atoms with van der Waals surface area (Å²) in [5, 5.41) is 8.81. The fraction of sp³-hybridized carbons (Fsp3) is 0.286. The molecule has 0 heterocycles. The van der Waals surface area contributed by atoms with Crippen molar-refractivity contribution >= 4 is 46.4 Å². The van der Waals surface area contributed by atoms with E-state index in [9.17, 15) is 14.4 Å². The number of nitrogens with zero attached hydrogens (tertiary/aromatic N) is 1. The van der Waals surface area contributed by atoms with Crippen molar-refractivity contribution in [3.63, 3.8) is 0 Å². The van der Waals surface area contributed by atoms with E-state index in [1.54, 1.807) is 60.4 Å². The maximum atomic E-state index is 12.5. The van der Waals surface area contributed by atoms with Gasteiger partial charge in [0.1, 0.15) is 0 Å². The van der Waals surface area contributed by atoms with Crippen LogP contribution in [0.2, 0.25) is 5.02 Å². The van der Waals surface area contributed by atoms with Crippen molar-refractivity contribution in [1.82, 2.24) is 4.90 Å². The Labute approximate surface area is 175 Å². The Hall–Kier alpha value is -2.90. The monoisotopic (exact) mass is 416 g/mol. The van der Waals surface area contributed by atoms with Gasteiger partial charge in [-0.2, -0.15) is 0 Å². The molecule has 0 aliphatic rings. The zero-order valence-electron chi connectivity index (χ0n) is 16.7. The zero-order valence-corrected chi connectivity index (χ0v) is 17.4. The molecule has 2 aromatic carbocycles. The Morgan fingerprint density at radius 1 is 0.966 bits per heavy atom. The molecule has 0 aromatic heterocycles. The van der Waals surface area contributed by atoms with E-state index in [1.165, 1.54) is 6.92 Å². The second kappa shape index (κ2) is 10.6. The van der Waals surface area contributed by atoms with Crippen molar-refractivity contribution in [1.29, 1.82) is 0 Å². The lowest BCUT2D eigenvalue weighted by molar-refractivity contribution is -0.123. The minimum absolute atomic E-state index is 0.0636. The highest BCUT2D eigenvalue weighted by Gasteiger charge is 2.22. The van der Waals surface area contributed by atoms with Crippen LogP contribution >= 0.6 is 11.6 Å². The van der Waals surface area contributed by atoms with Crippen LogP contribution in [0.1, 0.15) is 20.8 Å². The van der Waals surface area contributed by atoms with Crippen LogP contribution in [0.4, 0.5) is 17.1 Å². The SMILES string of the molecule is CCN(CC(=O)Nc1ccc(NC(C)=O)cc1)[C@H](C)C(=O)Nc1cccc(Cl)c1. The van der Waals surface area contributed by atoms with Crippen LogP contribution in [0.15, 0.2) is 48.5 Å². The van der Waals surface area contributed by atoms with Crippen LogP contribution in [0.5, 0.6) is 0 Å². The molecule has 0 aliphatic heterocycles. The first-order valence-corrected chi connectivity index (χ1v) is 9.64. The normalized spacial score (nSPS) is 11.6. The molecule has 2 aromatic rings. The Kier molecular flexibility index (Phi) is 8.18. The van der Waals surface area contributed by atoms with E-state index in [0.29, 0.717) is 28.6 Å². The predicted octanol–water partition coefficient (Wildman–Crippen LogP) is 3.59. The third kappa shape index (κ3) is 7.21. The summed E-state index contributed by atoms with van der Waals surface area (Å²) in [5.41, 5.74) is 1.86. The number of likely N-dealkylation sites (N-methyl/N-ethyl adjacent to an activating group) is 1. The number of rotatable bonds is 8. The number of amides is 3. The van der Waals surface area contributed by atoms with E-state index in [-0.39, 0.29) is 24.3 Å². The molecule has 0 saturated carbocycles. The van der Waals surface area contributed by atoms with Gasteiger partial charge < -0.3 is 16.0 Å². The van der Waals surface area contributed by atoms with Gasteiger partial charge in [-0.15, -0.1) is 0 Å². The van der Waals surface area contributed by atoms with E-state index in [2.05, 4.69) is 16.0 Å². The molecule has 29 heavy (non-hydrogen) atoms. The molecule has 3 amide bonds. The summed E-state index contributed by atoms with van der Waals surface area (Å²) in [6.45, 7) is 5.66. The molecule has 2 rings (SSSR count). The Morgan fingerprint density at radius 3 is 2.14 bits per heavy atom. The minimum Gasteiger partial charge on any atom is -0.326 e. The molecule has 3 N–H and O–H groups in total. The molecule has 154 valence electrons. The van der Waals surface area contributed by atoms with Crippen molar-refractivity contribution in [3.8, 4) is 0 Å². The van der Waals surface area contributed by atoms with Gasteiger partial charge in [0.25, 0.3) is 0 Å². The van der Waals surface area contributed by atoms with Crippen molar-refractivity contribution in [2.24, 2.45) is 0 Å². The standard InChI is InChI=1S/C21H25ClN4O3/c1-4-26(14(2)21(29)25-19-7-5-6-16(22)12-19)13-20(28)24-18-10-8-17(9-11-18)23-15(3)27/h5-12,14H,4,13H2,1-3H3,(H,23,27)(H,24,28)(H,25,29)/t14-/m1/s1. The van der Waals surface area contributed by atoms with Gasteiger partial charge in [0.05, 0.1) is 12.6 Å². The van der Waals surface area contributed by atoms with E-state index in [4.69, 9.17) is 11.6 Å². The lowest BCUT2D eigenvalue weighted by atomic mass is 10.2. The third-order valence-electron chi connectivity index (χ3n) is 4.26. The number of benzene rings is 2. The Balaban J connectivity index is 1.92.